The van der Waals surface area contributed by atoms with E-state index < -0.39 is 11.6 Å². The molecule has 0 spiro atoms. The summed E-state index contributed by atoms with van der Waals surface area (Å²) in [5.74, 6) is 0.242. The van der Waals surface area contributed by atoms with Gasteiger partial charge in [0, 0.05) is 31.1 Å². The van der Waals surface area contributed by atoms with Gasteiger partial charge >= 0.3 is 0 Å². The molecule has 5 aliphatic heterocycles. The lowest BCUT2D eigenvalue weighted by Gasteiger charge is -2.51. The van der Waals surface area contributed by atoms with Gasteiger partial charge in [0.25, 0.3) is 0 Å². The van der Waals surface area contributed by atoms with E-state index in [0.717, 1.165) is 51.1 Å². The fourth-order valence-electron chi connectivity index (χ4n) is 6.22. The van der Waals surface area contributed by atoms with Crippen molar-refractivity contribution in [3.63, 3.8) is 0 Å². The van der Waals surface area contributed by atoms with Crippen LogP contribution >= 0.6 is 0 Å². The average Bonchev–Trinajstić information content (AvgIpc) is 3.07. The lowest BCUT2D eigenvalue weighted by Crippen LogP contribution is -2.60. The number of halogens is 2. The Hall–Kier alpha value is -1.04. The first-order valence-corrected chi connectivity index (χ1v) is 10.3. The van der Waals surface area contributed by atoms with Crippen LogP contribution in [0.4, 0.5) is 8.78 Å². The summed E-state index contributed by atoms with van der Waals surface area (Å²) in [4.78, 5) is 5.23. The van der Waals surface area contributed by atoms with E-state index >= 15 is 0 Å². The number of rotatable bonds is 3. The van der Waals surface area contributed by atoms with Crippen molar-refractivity contribution < 1.29 is 8.78 Å². The largest absolute Gasteiger partial charge is 0.317 e. The number of hydrogen-bond acceptors (Lipinski definition) is 3. The number of nitrogens with zero attached hydrogens (tertiary/aromatic N) is 2. The van der Waals surface area contributed by atoms with E-state index in [1.54, 1.807) is 6.07 Å². The van der Waals surface area contributed by atoms with E-state index in [0.29, 0.717) is 17.6 Å². The molecule has 0 aliphatic carbocycles. The van der Waals surface area contributed by atoms with Crippen LogP contribution in [0.1, 0.15) is 37.2 Å². The Morgan fingerprint density at radius 1 is 1.00 bits per heavy atom. The fraction of sp³-hybridized carbons (Fsp3) is 0.714. The van der Waals surface area contributed by atoms with Crippen molar-refractivity contribution in [3.05, 3.63) is 35.4 Å². The first-order valence-electron chi connectivity index (χ1n) is 10.3. The van der Waals surface area contributed by atoms with Crippen molar-refractivity contribution in [2.24, 2.45) is 11.8 Å². The maximum absolute atomic E-state index is 14.6. The van der Waals surface area contributed by atoms with Crippen molar-refractivity contribution in [2.45, 2.75) is 43.7 Å². The Kier molecular flexibility index (Phi) is 4.50. The molecule has 5 saturated heterocycles. The summed E-state index contributed by atoms with van der Waals surface area (Å²) < 4.78 is 28.5. The summed E-state index contributed by atoms with van der Waals surface area (Å²) in [6.07, 6.45) is 5.01. The van der Waals surface area contributed by atoms with Crippen LogP contribution in [-0.4, -0.2) is 61.2 Å². The highest BCUT2D eigenvalue weighted by atomic mass is 19.2. The highest BCUT2D eigenvalue weighted by molar-refractivity contribution is 5.29. The van der Waals surface area contributed by atoms with Gasteiger partial charge in [0.1, 0.15) is 0 Å². The molecule has 5 aliphatic rings. The summed E-state index contributed by atoms with van der Waals surface area (Å²) in [5.41, 5.74) is 0.598. The maximum atomic E-state index is 14.6. The third-order valence-corrected chi connectivity index (χ3v) is 7.43. The molecule has 6 rings (SSSR count). The molecule has 5 heteroatoms. The number of fused-ring (bicyclic) bond motifs is 2. The second kappa shape index (κ2) is 6.84. The second-order valence-electron chi connectivity index (χ2n) is 8.75. The second-order valence-corrected chi connectivity index (χ2v) is 8.75. The van der Waals surface area contributed by atoms with Crippen molar-refractivity contribution in [1.82, 2.24) is 15.1 Å². The maximum Gasteiger partial charge on any atom is 0.162 e. The van der Waals surface area contributed by atoms with E-state index in [4.69, 9.17) is 0 Å². The molecule has 0 aromatic heterocycles. The molecule has 0 saturated carbocycles. The van der Waals surface area contributed by atoms with Crippen LogP contribution in [-0.2, 0) is 0 Å². The van der Waals surface area contributed by atoms with Crippen molar-refractivity contribution in [1.29, 1.82) is 0 Å². The lowest BCUT2D eigenvalue weighted by atomic mass is 9.75. The van der Waals surface area contributed by atoms with Gasteiger partial charge in [-0.05, 0) is 75.3 Å². The van der Waals surface area contributed by atoms with E-state index in [9.17, 15) is 8.78 Å². The van der Waals surface area contributed by atoms with Gasteiger partial charge < -0.3 is 5.32 Å². The molecule has 26 heavy (non-hydrogen) atoms. The number of hydrogen-bond donors (Lipinski definition) is 1. The average molecular weight is 361 g/mol. The molecule has 142 valence electrons. The van der Waals surface area contributed by atoms with Crippen LogP contribution in [0, 0.1) is 23.5 Å². The zero-order valence-corrected chi connectivity index (χ0v) is 15.3. The van der Waals surface area contributed by atoms with Crippen LogP contribution in [0.5, 0.6) is 0 Å². The predicted octanol–water partition coefficient (Wildman–Crippen LogP) is 2.83. The Labute approximate surface area is 154 Å². The standard InChI is InChI=1S/C21H29F2N3/c22-18-3-1-2-16(19(18)23)17-13-26(12-14-4-8-24-9-5-14)20-15-6-10-25(11-7-15)21(17)20/h1-3,14-15,17,20-21,24H,4-13H2/t17-,20-,21-/m0/s1. The van der Waals surface area contributed by atoms with Crippen LogP contribution in [0.3, 0.4) is 0 Å². The normalized spacial score (nSPS) is 37.8. The van der Waals surface area contributed by atoms with Gasteiger partial charge in [-0.25, -0.2) is 8.78 Å². The summed E-state index contributed by atoms with van der Waals surface area (Å²) in [6, 6.07) is 5.62. The number of likely N-dealkylation sites (tertiary alicyclic amines) is 1. The molecular formula is C21H29F2N3. The minimum Gasteiger partial charge on any atom is -0.317 e. The van der Waals surface area contributed by atoms with E-state index in [-0.39, 0.29) is 5.92 Å². The van der Waals surface area contributed by atoms with E-state index in [2.05, 4.69) is 15.1 Å². The van der Waals surface area contributed by atoms with Gasteiger partial charge in [-0.15, -0.1) is 0 Å². The number of nitrogens with one attached hydrogen (secondary N) is 1. The minimum absolute atomic E-state index is 0.0977. The summed E-state index contributed by atoms with van der Waals surface area (Å²) >= 11 is 0. The SMILES string of the molecule is Fc1cccc([C@@H]2CN(CC3CCNCC3)[C@H]3C4CCN(CC4)[C@@H]23)c1F. The Balaban J connectivity index is 1.45. The first kappa shape index (κ1) is 17.1. The summed E-state index contributed by atoms with van der Waals surface area (Å²) in [5, 5.41) is 3.45. The predicted molar refractivity (Wildman–Crippen MR) is 98.1 cm³/mol. The van der Waals surface area contributed by atoms with Gasteiger partial charge in [-0.3, -0.25) is 9.80 Å². The Bertz CT molecular complexity index is 653. The monoisotopic (exact) mass is 361 g/mol. The van der Waals surface area contributed by atoms with Gasteiger partial charge in [0.15, 0.2) is 11.6 Å². The van der Waals surface area contributed by atoms with E-state index in [1.807, 2.05) is 6.07 Å². The molecule has 3 nitrogen and oxygen atoms in total. The van der Waals surface area contributed by atoms with Crippen LogP contribution < -0.4 is 5.32 Å². The van der Waals surface area contributed by atoms with Gasteiger partial charge in [0.05, 0.1) is 0 Å². The molecule has 1 aromatic rings. The molecule has 2 bridgehead atoms. The smallest absolute Gasteiger partial charge is 0.162 e. The molecule has 0 unspecified atom stereocenters. The quantitative estimate of drug-likeness (QED) is 0.893. The van der Waals surface area contributed by atoms with Gasteiger partial charge in [-0.1, -0.05) is 12.1 Å². The molecule has 0 radical (unpaired) electrons. The Morgan fingerprint density at radius 3 is 2.54 bits per heavy atom. The topological polar surface area (TPSA) is 18.5 Å². The van der Waals surface area contributed by atoms with Crippen LogP contribution in [0.25, 0.3) is 0 Å². The number of piperidine rings is 4. The third-order valence-electron chi connectivity index (χ3n) is 7.43. The highest BCUT2D eigenvalue weighted by Crippen LogP contribution is 2.47. The lowest BCUT2D eigenvalue weighted by molar-refractivity contribution is -0.0114. The van der Waals surface area contributed by atoms with E-state index in [1.165, 1.54) is 31.7 Å². The van der Waals surface area contributed by atoms with Crippen molar-refractivity contribution in [3.8, 4) is 0 Å². The fourth-order valence-corrected chi connectivity index (χ4v) is 6.22. The zero-order chi connectivity index (χ0) is 17.7. The third kappa shape index (κ3) is 2.79. The highest BCUT2D eigenvalue weighted by Gasteiger charge is 2.53. The molecule has 1 N–H and O–H groups in total. The molecule has 0 amide bonds. The zero-order valence-electron chi connectivity index (χ0n) is 15.3. The van der Waals surface area contributed by atoms with Crippen LogP contribution in [0.2, 0.25) is 0 Å². The molecule has 5 fully saturated rings. The van der Waals surface area contributed by atoms with Gasteiger partial charge in [0.2, 0.25) is 0 Å². The Morgan fingerprint density at radius 2 is 1.77 bits per heavy atom. The van der Waals surface area contributed by atoms with Crippen molar-refractivity contribution in [2.75, 3.05) is 39.3 Å². The molecule has 3 atom stereocenters. The molecule has 1 aromatic carbocycles. The minimum atomic E-state index is -0.702. The summed E-state index contributed by atoms with van der Waals surface area (Å²) in [6.45, 7) is 6.49. The summed E-state index contributed by atoms with van der Waals surface area (Å²) in [7, 11) is 0. The molecular weight excluding hydrogens is 332 g/mol. The van der Waals surface area contributed by atoms with Crippen molar-refractivity contribution >= 4 is 0 Å². The first-order chi connectivity index (χ1) is 12.7. The van der Waals surface area contributed by atoms with Gasteiger partial charge in [-0.2, -0.15) is 0 Å². The number of benzene rings is 1. The van der Waals surface area contributed by atoms with Crippen LogP contribution in [0.15, 0.2) is 18.2 Å². The molecule has 5 heterocycles.